The second-order valence-corrected chi connectivity index (χ2v) is 3.08. The van der Waals surface area contributed by atoms with Crippen LogP contribution >= 0.6 is 0 Å². The summed E-state index contributed by atoms with van der Waals surface area (Å²) in [7, 11) is 0. The molecule has 3 nitrogen and oxygen atoms in total. The van der Waals surface area contributed by atoms with Gasteiger partial charge in [0.2, 0.25) is 5.91 Å². The molecule has 69 valence electrons. The van der Waals surface area contributed by atoms with E-state index < -0.39 is 0 Å². The summed E-state index contributed by atoms with van der Waals surface area (Å²) in [5.41, 5.74) is 0. The van der Waals surface area contributed by atoms with Gasteiger partial charge in [0.05, 0.1) is 6.61 Å². The average molecular weight is 248 g/mol. The number of hydrogen-bond acceptors (Lipinski definition) is 2. The summed E-state index contributed by atoms with van der Waals surface area (Å²) in [5, 5.41) is 8.60. The zero-order valence-corrected chi connectivity index (χ0v) is 10.9. The van der Waals surface area contributed by atoms with Gasteiger partial charge in [-0.1, -0.05) is 13.8 Å². The van der Waals surface area contributed by atoms with Crippen LogP contribution in [0, 0.1) is 5.92 Å². The van der Waals surface area contributed by atoms with Crippen molar-refractivity contribution in [2.45, 2.75) is 20.8 Å². The van der Waals surface area contributed by atoms with Crippen molar-refractivity contribution in [1.29, 1.82) is 0 Å². The molecule has 0 aliphatic rings. The topological polar surface area (TPSA) is 40.5 Å². The van der Waals surface area contributed by atoms with Crippen molar-refractivity contribution in [1.82, 2.24) is 4.90 Å². The third kappa shape index (κ3) is 7.20. The van der Waals surface area contributed by atoms with Crippen LogP contribution in [-0.2, 0) is 37.5 Å². The van der Waals surface area contributed by atoms with Gasteiger partial charge in [0.1, 0.15) is 0 Å². The quantitative estimate of drug-likeness (QED) is 0.786. The first-order chi connectivity index (χ1) is 5.07. The third-order valence-electron chi connectivity index (χ3n) is 1.40. The van der Waals surface area contributed by atoms with Crippen LogP contribution in [0.3, 0.4) is 0 Å². The Bertz CT molecular complexity index is 128. The SMILES string of the molecule is CC(=O)N(CCO)CC(C)C.[Y]. The van der Waals surface area contributed by atoms with E-state index in [1.54, 1.807) is 4.90 Å². The predicted octanol–water partition coefficient (Wildman–Crippen LogP) is 0.481. The monoisotopic (exact) mass is 248 g/mol. The summed E-state index contributed by atoms with van der Waals surface area (Å²) in [4.78, 5) is 12.5. The van der Waals surface area contributed by atoms with E-state index in [-0.39, 0.29) is 45.2 Å². The molecular weight excluding hydrogens is 231 g/mol. The van der Waals surface area contributed by atoms with E-state index in [2.05, 4.69) is 0 Å². The van der Waals surface area contributed by atoms with Crippen LogP contribution in [0.15, 0.2) is 0 Å². The maximum atomic E-state index is 10.9. The van der Waals surface area contributed by atoms with Gasteiger partial charge in [-0.15, -0.1) is 0 Å². The zero-order chi connectivity index (χ0) is 8.85. The van der Waals surface area contributed by atoms with E-state index >= 15 is 0 Å². The van der Waals surface area contributed by atoms with Crippen LogP contribution in [0.1, 0.15) is 20.8 Å². The molecule has 1 amide bonds. The Kier molecular flexibility index (Phi) is 10.2. The van der Waals surface area contributed by atoms with Gasteiger partial charge < -0.3 is 10.0 Å². The van der Waals surface area contributed by atoms with Crippen LogP contribution in [0.2, 0.25) is 0 Å². The van der Waals surface area contributed by atoms with Crippen LogP contribution < -0.4 is 0 Å². The smallest absolute Gasteiger partial charge is 0.219 e. The third-order valence-corrected chi connectivity index (χ3v) is 1.40. The Morgan fingerprint density at radius 3 is 2.25 bits per heavy atom. The Labute approximate surface area is 99.4 Å². The van der Waals surface area contributed by atoms with Gasteiger partial charge in [-0.3, -0.25) is 4.79 Å². The molecule has 0 aromatic rings. The van der Waals surface area contributed by atoms with Gasteiger partial charge in [0.25, 0.3) is 0 Å². The molecule has 0 aliphatic heterocycles. The fourth-order valence-electron chi connectivity index (χ4n) is 0.939. The molecule has 12 heavy (non-hydrogen) atoms. The second kappa shape index (κ2) is 8.15. The van der Waals surface area contributed by atoms with Crippen molar-refractivity contribution in [2.24, 2.45) is 5.92 Å². The van der Waals surface area contributed by atoms with Crippen LogP contribution in [0.5, 0.6) is 0 Å². The maximum Gasteiger partial charge on any atom is 0.219 e. The molecule has 0 spiro atoms. The minimum absolute atomic E-state index is 0. The molecule has 0 heterocycles. The van der Waals surface area contributed by atoms with E-state index in [0.717, 1.165) is 6.54 Å². The normalized spacial score (nSPS) is 9.42. The fraction of sp³-hybridized carbons (Fsp3) is 0.875. The number of amides is 1. The molecule has 0 saturated carbocycles. The van der Waals surface area contributed by atoms with Crippen molar-refractivity contribution in [3.05, 3.63) is 0 Å². The van der Waals surface area contributed by atoms with E-state index in [0.29, 0.717) is 12.5 Å². The summed E-state index contributed by atoms with van der Waals surface area (Å²) in [6.45, 7) is 6.86. The van der Waals surface area contributed by atoms with Gasteiger partial charge in [0, 0.05) is 52.7 Å². The Morgan fingerprint density at radius 1 is 1.50 bits per heavy atom. The molecular formula is C8H17NO2Y. The number of hydrogen-bond donors (Lipinski definition) is 1. The van der Waals surface area contributed by atoms with Crippen LogP contribution in [0.25, 0.3) is 0 Å². The Balaban J connectivity index is 0. The van der Waals surface area contributed by atoms with E-state index in [4.69, 9.17) is 5.11 Å². The van der Waals surface area contributed by atoms with Crippen molar-refractivity contribution >= 4 is 5.91 Å². The summed E-state index contributed by atoms with van der Waals surface area (Å²) in [6.07, 6.45) is 0. The van der Waals surface area contributed by atoms with E-state index in [9.17, 15) is 4.79 Å². The number of carbonyl (C=O) groups is 1. The number of aliphatic hydroxyl groups is 1. The summed E-state index contributed by atoms with van der Waals surface area (Å²) in [6, 6.07) is 0. The maximum absolute atomic E-state index is 10.9. The van der Waals surface area contributed by atoms with Crippen LogP contribution in [0.4, 0.5) is 0 Å². The molecule has 0 fully saturated rings. The molecule has 0 bridgehead atoms. The van der Waals surface area contributed by atoms with Gasteiger partial charge in [-0.05, 0) is 5.92 Å². The molecule has 0 aliphatic carbocycles. The minimum Gasteiger partial charge on any atom is -0.395 e. The Morgan fingerprint density at radius 2 is 2.00 bits per heavy atom. The molecule has 0 saturated heterocycles. The van der Waals surface area contributed by atoms with Gasteiger partial charge in [-0.2, -0.15) is 0 Å². The van der Waals surface area contributed by atoms with Crippen molar-refractivity contribution < 1.29 is 42.6 Å². The molecule has 0 aromatic carbocycles. The molecule has 4 heteroatoms. The van der Waals surface area contributed by atoms with Crippen LogP contribution in [-0.4, -0.2) is 35.6 Å². The predicted molar refractivity (Wildman–Crippen MR) is 44.2 cm³/mol. The second-order valence-electron chi connectivity index (χ2n) is 3.08. The largest absolute Gasteiger partial charge is 0.395 e. The van der Waals surface area contributed by atoms with Gasteiger partial charge in [-0.25, -0.2) is 0 Å². The van der Waals surface area contributed by atoms with E-state index in [1.807, 2.05) is 13.8 Å². The first-order valence-electron chi connectivity index (χ1n) is 3.94. The first kappa shape index (κ1) is 15.0. The summed E-state index contributed by atoms with van der Waals surface area (Å²) >= 11 is 0. The van der Waals surface area contributed by atoms with Crippen molar-refractivity contribution in [3.63, 3.8) is 0 Å². The number of rotatable bonds is 4. The van der Waals surface area contributed by atoms with Gasteiger partial charge >= 0.3 is 0 Å². The molecule has 0 unspecified atom stereocenters. The molecule has 0 atom stereocenters. The fourth-order valence-corrected chi connectivity index (χ4v) is 0.939. The number of carbonyl (C=O) groups excluding carboxylic acids is 1. The number of aliphatic hydroxyl groups excluding tert-OH is 1. The number of nitrogens with zero attached hydrogens (tertiary/aromatic N) is 1. The summed E-state index contributed by atoms with van der Waals surface area (Å²) in [5.74, 6) is 0.498. The first-order valence-corrected chi connectivity index (χ1v) is 3.94. The molecule has 1 N–H and O–H groups in total. The van der Waals surface area contributed by atoms with Crippen molar-refractivity contribution in [3.8, 4) is 0 Å². The zero-order valence-electron chi connectivity index (χ0n) is 8.08. The Hall–Kier alpha value is 0.534. The summed E-state index contributed by atoms with van der Waals surface area (Å²) < 4.78 is 0. The minimum atomic E-state index is 0. The van der Waals surface area contributed by atoms with E-state index in [1.165, 1.54) is 6.92 Å². The molecule has 1 radical (unpaired) electrons. The molecule has 0 aromatic heterocycles. The average Bonchev–Trinajstić information content (AvgIpc) is 1.86. The van der Waals surface area contributed by atoms with Gasteiger partial charge in [0.15, 0.2) is 0 Å². The molecule has 0 rings (SSSR count). The standard InChI is InChI=1S/C8H17NO2.Y/c1-7(2)6-9(4-5-10)8(3)11;/h7,10H,4-6H2,1-3H3;. The van der Waals surface area contributed by atoms with Crippen molar-refractivity contribution in [2.75, 3.05) is 19.7 Å².